The van der Waals surface area contributed by atoms with Gasteiger partial charge in [0.1, 0.15) is 0 Å². The number of ketones is 1. The quantitative estimate of drug-likeness (QED) is 0.764. The first kappa shape index (κ1) is 9.52. The Morgan fingerprint density at radius 1 is 1.50 bits per heavy atom. The van der Waals surface area contributed by atoms with E-state index >= 15 is 0 Å². The fourth-order valence-electron chi connectivity index (χ4n) is 1.38. The molecule has 0 atom stereocenters. The standard InChI is InChI=1S/C10H9BrO3/c1-2-7(12)9-6(11)3-4-8-10(9)14-5-13-8/h3-4H,2,5H2,1H3. The monoisotopic (exact) mass is 256 g/mol. The van der Waals surface area contributed by atoms with Crippen molar-refractivity contribution in [2.24, 2.45) is 0 Å². The number of halogens is 1. The molecule has 1 heterocycles. The Morgan fingerprint density at radius 2 is 2.29 bits per heavy atom. The fraction of sp³-hybridized carbons (Fsp3) is 0.300. The second kappa shape index (κ2) is 3.61. The van der Waals surface area contributed by atoms with Gasteiger partial charge < -0.3 is 9.47 Å². The van der Waals surface area contributed by atoms with E-state index in [2.05, 4.69) is 15.9 Å². The molecule has 1 aromatic rings. The van der Waals surface area contributed by atoms with E-state index in [1.165, 1.54) is 0 Å². The van der Waals surface area contributed by atoms with E-state index in [-0.39, 0.29) is 12.6 Å². The van der Waals surface area contributed by atoms with Crippen molar-refractivity contribution in [3.63, 3.8) is 0 Å². The average Bonchev–Trinajstić information content (AvgIpc) is 2.64. The topological polar surface area (TPSA) is 35.5 Å². The van der Waals surface area contributed by atoms with E-state index in [0.29, 0.717) is 23.5 Å². The molecule has 0 unspecified atom stereocenters. The number of Topliss-reactive ketones (excluding diaryl/α,β-unsaturated/α-hetero) is 1. The molecule has 2 rings (SSSR count). The molecule has 3 nitrogen and oxygen atoms in total. The zero-order valence-electron chi connectivity index (χ0n) is 7.67. The van der Waals surface area contributed by atoms with Crippen molar-refractivity contribution in [3.05, 3.63) is 22.2 Å². The third kappa shape index (κ3) is 1.39. The molecule has 0 bridgehead atoms. The minimum Gasteiger partial charge on any atom is -0.454 e. The van der Waals surface area contributed by atoms with Crippen LogP contribution in [-0.2, 0) is 0 Å². The lowest BCUT2D eigenvalue weighted by Gasteiger charge is -2.05. The molecule has 0 radical (unpaired) electrons. The van der Waals surface area contributed by atoms with Crippen LogP contribution in [0.5, 0.6) is 11.5 Å². The molecule has 74 valence electrons. The Bertz CT molecular complexity index is 387. The second-order valence-corrected chi connectivity index (χ2v) is 3.79. The maximum absolute atomic E-state index is 11.6. The summed E-state index contributed by atoms with van der Waals surface area (Å²) in [5.41, 5.74) is 0.586. The number of carbonyl (C=O) groups excluding carboxylic acids is 1. The Hall–Kier alpha value is -1.03. The summed E-state index contributed by atoms with van der Waals surface area (Å²) >= 11 is 3.33. The molecule has 0 amide bonds. The number of ether oxygens (including phenoxy) is 2. The summed E-state index contributed by atoms with van der Waals surface area (Å²) in [6.45, 7) is 2.01. The van der Waals surface area contributed by atoms with Gasteiger partial charge in [0.25, 0.3) is 0 Å². The van der Waals surface area contributed by atoms with E-state index in [0.717, 1.165) is 4.47 Å². The van der Waals surface area contributed by atoms with Crippen LogP contribution in [-0.4, -0.2) is 12.6 Å². The van der Waals surface area contributed by atoms with Crippen LogP contribution in [0, 0.1) is 0 Å². The van der Waals surface area contributed by atoms with E-state index < -0.39 is 0 Å². The lowest BCUT2D eigenvalue weighted by atomic mass is 10.1. The largest absolute Gasteiger partial charge is 0.454 e. The third-order valence-electron chi connectivity index (χ3n) is 2.09. The molecule has 1 aromatic carbocycles. The van der Waals surface area contributed by atoms with Gasteiger partial charge >= 0.3 is 0 Å². The molecule has 1 aliphatic rings. The van der Waals surface area contributed by atoms with Gasteiger partial charge in [-0.3, -0.25) is 4.79 Å². The maximum Gasteiger partial charge on any atom is 0.231 e. The van der Waals surface area contributed by atoms with Crippen molar-refractivity contribution in [1.29, 1.82) is 0 Å². The molecule has 14 heavy (non-hydrogen) atoms. The highest BCUT2D eigenvalue weighted by Crippen LogP contribution is 2.39. The minimum atomic E-state index is 0.0548. The summed E-state index contributed by atoms with van der Waals surface area (Å²) < 4.78 is 11.2. The molecule has 4 heteroatoms. The zero-order chi connectivity index (χ0) is 10.1. The number of rotatable bonds is 2. The normalized spacial score (nSPS) is 13.0. The van der Waals surface area contributed by atoms with Crippen molar-refractivity contribution in [3.8, 4) is 11.5 Å². The Kier molecular flexibility index (Phi) is 2.46. The molecular formula is C10H9BrO3. The molecule has 0 fully saturated rings. The summed E-state index contributed by atoms with van der Waals surface area (Å²) in [4.78, 5) is 11.6. The number of fused-ring (bicyclic) bond motifs is 1. The summed E-state index contributed by atoms with van der Waals surface area (Å²) in [6, 6.07) is 3.59. The zero-order valence-corrected chi connectivity index (χ0v) is 9.26. The van der Waals surface area contributed by atoms with Crippen molar-refractivity contribution in [1.82, 2.24) is 0 Å². The highest BCUT2D eigenvalue weighted by Gasteiger charge is 2.23. The van der Waals surface area contributed by atoms with Gasteiger partial charge in [0.2, 0.25) is 6.79 Å². The van der Waals surface area contributed by atoms with Crippen molar-refractivity contribution >= 4 is 21.7 Å². The van der Waals surface area contributed by atoms with E-state index in [4.69, 9.17) is 9.47 Å². The first-order valence-corrected chi connectivity index (χ1v) is 5.14. The minimum absolute atomic E-state index is 0.0548. The van der Waals surface area contributed by atoms with Gasteiger partial charge in [-0.1, -0.05) is 6.92 Å². The lowest BCUT2D eigenvalue weighted by molar-refractivity contribution is 0.0982. The molecular weight excluding hydrogens is 248 g/mol. The molecule has 0 aliphatic carbocycles. The average molecular weight is 257 g/mol. The van der Waals surface area contributed by atoms with Crippen LogP contribution in [0.15, 0.2) is 16.6 Å². The van der Waals surface area contributed by atoms with Crippen LogP contribution in [0.2, 0.25) is 0 Å². The molecule has 0 saturated carbocycles. The highest BCUT2D eigenvalue weighted by atomic mass is 79.9. The van der Waals surface area contributed by atoms with Gasteiger partial charge in [-0.05, 0) is 28.1 Å². The van der Waals surface area contributed by atoms with E-state index in [1.54, 1.807) is 12.1 Å². The van der Waals surface area contributed by atoms with Gasteiger partial charge in [-0.25, -0.2) is 0 Å². The number of carbonyl (C=O) groups is 1. The van der Waals surface area contributed by atoms with Gasteiger partial charge in [0, 0.05) is 10.9 Å². The van der Waals surface area contributed by atoms with E-state index in [1.807, 2.05) is 6.92 Å². The molecule has 0 spiro atoms. The summed E-state index contributed by atoms with van der Waals surface area (Å²) in [6.07, 6.45) is 0.457. The van der Waals surface area contributed by atoms with Crippen LogP contribution in [0.3, 0.4) is 0 Å². The molecule has 0 saturated heterocycles. The first-order valence-electron chi connectivity index (χ1n) is 4.35. The Morgan fingerprint density at radius 3 is 3.00 bits per heavy atom. The van der Waals surface area contributed by atoms with E-state index in [9.17, 15) is 4.79 Å². The van der Waals surface area contributed by atoms with Gasteiger partial charge in [0.15, 0.2) is 17.3 Å². The highest BCUT2D eigenvalue weighted by molar-refractivity contribution is 9.10. The smallest absolute Gasteiger partial charge is 0.231 e. The summed E-state index contributed by atoms with van der Waals surface area (Å²) in [7, 11) is 0. The second-order valence-electron chi connectivity index (χ2n) is 2.93. The number of benzene rings is 1. The first-order chi connectivity index (χ1) is 6.74. The molecule has 0 aromatic heterocycles. The van der Waals surface area contributed by atoms with Crippen LogP contribution in [0.1, 0.15) is 23.7 Å². The van der Waals surface area contributed by atoms with Crippen molar-refractivity contribution < 1.29 is 14.3 Å². The van der Waals surface area contributed by atoms with Crippen LogP contribution in [0.25, 0.3) is 0 Å². The van der Waals surface area contributed by atoms with Gasteiger partial charge in [0.05, 0.1) is 5.56 Å². The van der Waals surface area contributed by atoms with Crippen LogP contribution < -0.4 is 9.47 Å². The summed E-state index contributed by atoms with van der Waals surface area (Å²) in [5, 5.41) is 0. The van der Waals surface area contributed by atoms with Crippen LogP contribution in [0.4, 0.5) is 0 Å². The maximum atomic E-state index is 11.6. The summed E-state index contributed by atoms with van der Waals surface area (Å²) in [5.74, 6) is 1.26. The Balaban J connectivity index is 2.57. The predicted molar refractivity (Wildman–Crippen MR) is 54.9 cm³/mol. The molecule has 0 N–H and O–H groups in total. The van der Waals surface area contributed by atoms with Gasteiger partial charge in [-0.2, -0.15) is 0 Å². The van der Waals surface area contributed by atoms with Crippen molar-refractivity contribution in [2.75, 3.05) is 6.79 Å². The fourth-order valence-corrected chi connectivity index (χ4v) is 1.92. The SMILES string of the molecule is CCC(=O)c1c(Br)ccc2c1OCO2. The van der Waals surface area contributed by atoms with Gasteiger partial charge in [-0.15, -0.1) is 0 Å². The Labute approximate surface area is 90.1 Å². The third-order valence-corrected chi connectivity index (χ3v) is 2.75. The lowest BCUT2D eigenvalue weighted by Crippen LogP contribution is -2.01. The van der Waals surface area contributed by atoms with Crippen LogP contribution >= 0.6 is 15.9 Å². The van der Waals surface area contributed by atoms with Crippen molar-refractivity contribution in [2.45, 2.75) is 13.3 Å². The molecule has 1 aliphatic heterocycles. The number of hydrogen-bond acceptors (Lipinski definition) is 3. The predicted octanol–water partition coefficient (Wildman–Crippen LogP) is 2.77. The number of hydrogen-bond donors (Lipinski definition) is 0.